The molecule has 0 spiro atoms. The standard InChI is InChI=1S/C18H18BrNO4/c1-22-9-8-20(18(21)14-3-5-15(19)6-4-14)11-13-2-7-16-17(10-13)24-12-23-16/h2-7,10H,8-9,11-12H2,1H3. The van der Waals surface area contributed by atoms with Crippen LogP contribution < -0.4 is 9.47 Å². The third-order valence-electron chi connectivity index (χ3n) is 3.75. The van der Waals surface area contributed by atoms with E-state index in [-0.39, 0.29) is 12.7 Å². The number of ether oxygens (including phenoxy) is 3. The van der Waals surface area contributed by atoms with Crippen molar-refractivity contribution in [2.45, 2.75) is 6.54 Å². The summed E-state index contributed by atoms with van der Waals surface area (Å²) >= 11 is 3.39. The molecule has 6 heteroatoms. The molecule has 1 aliphatic rings. The minimum atomic E-state index is -0.0304. The van der Waals surface area contributed by atoms with E-state index in [0.29, 0.717) is 25.3 Å². The summed E-state index contributed by atoms with van der Waals surface area (Å²) in [5, 5.41) is 0. The Balaban J connectivity index is 1.78. The quantitative estimate of drug-likeness (QED) is 0.756. The van der Waals surface area contributed by atoms with Crippen molar-refractivity contribution in [1.29, 1.82) is 0 Å². The molecule has 2 aromatic carbocycles. The maximum Gasteiger partial charge on any atom is 0.254 e. The molecule has 0 aliphatic carbocycles. The molecule has 1 aliphatic heterocycles. The third-order valence-corrected chi connectivity index (χ3v) is 4.28. The molecule has 0 radical (unpaired) electrons. The molecule has 0 N–H and O–H groups in total. The second kappa shape index (κ2) is 7.68. The number of hydrogen-bond donors (Lipinski definition) is 0. The third kappa shape index (κ3) is 3.88. The van der Waals surface area contributed by atoms with Crippen molar-refractivity contribution in [2.75, 3.05) is 27.1 Å². The number of nitrogens with zero attached hydrogens (tertiary/aromatic N) is 1. The van der Waals surface area contributed by atoms with Crippen LogP contribution >= 0.6 is 15.9 Å². The summed E-state index contributed by atoms with van der Waals surface area (Å²) in [5.41, 5.74) is 1.64. The van der Waals surface area contributed by atoms with Gasteiger partial charge in [0, 0.05) is 30.2 Å². The lowest BCUT2D eigenvalue weighted by Gasteiger charge is -2.23. The van der Waals surface area contributed by atoms with Gasteiger partial charge in [-0.2, -0.15) is 0 Å². The first-order valence-corrected chi connectivity index (χ1v) is 8.39. The average Bonchev–Trinajstić information content (AvgIpc) is 3.06. The molecule has 0 saturated heterocycles. The van der Waals surface area contributed by atoms with Crippen molar-refractivity contribution in [3.8, 4) is 11.5 Å². The van der Waals surface area contributed by atoms with E-state index in [1.165, 1.54) is 0 Å². The molecule has 0 aromatic heterocycles. The zero-order valence-corrected chi connectivity index (χ0v) is 14.9. The molecule has 5 nitrogen and oxygen atoms in total. The van der Waals surface area contributed by atoms with Crippen molar-refractivity contribution in [3.05, 3.63) is 58.1 Å². The fraction of sp³-hybridized carbons (Fsp3) is 0.278. The molecule has 126 valence electrons. The van der Waals surface area contributed by atoms with E-state index in [1.54, 1.807) is 12.0 Å². The van der Waals surface area contributed by atoms with Gasteiger partial charge in [0.05, 0.1) is 6.61 Å². The molecular formula is C18H18BrNO4. The first-order valence-electron chi connectivity index (χ1n) is 7.59. The van der Waals surface area contributed by atoms with Gasteiger partial charge >= 0.3 is 0 Å². The van der Waals surface area contributed by atoms with Gasteiger partial charge in [0.2, 0.25) is 6.79 Å². The van der Waals surface area contributed by atoms with Crippen LogP contribution in [0.1, 0.15) is 15.9 Å². The molecule has 2 aromatic rings. The Kier molecular flexibility index (Phi) is 5.37. The highest BCUT2D eigenvalue weighted by molar-refractivity contribution is 9.10. The van der Waals surface area contributed by atoms with Crippen LogP contribution in [0.3, 0.4) is 0 Å². The van der Waals surface area contributed by atoms with Crippen LogP contribution in [0.5, 0.6) is 11.5 Å². The summed E-state index contributed by atoms with van der Waals surface area (Å²) in [6.45, 7) is 1.71. The fourth-order valence-electron chi connectivity index (χ4n) is 2.49. The number of carbonyl (C=O) groups is 1. The largest absolute Gasteiger partial charge is 0.454 e. The predicted octanol–water partition coefficient (Wildman–Crippen LogP) is 3.47. The van der Waals surface area contributed by atoms with E-state index in [1.807, 2.05) is 42.5 Å². The van der Waals surface area contributed by atoms with Gasteiger partial charge in [-0.15, -0.1) is 0 Å². The normalized spacial score (nSPS) is 12.2. The lowest BCUT2D eigenvalue weighted by molar-refractivity contribution is 0.0680. The first kappa shape index (κ1) is 16.8. The molecule has 0 fully saturated rings. The lowest BCUT2D eigenvalue weighted by Crippen LogP contribution is -2.33. The molecule has 3 rings (SSSR count). The van der Waals surface area contributed by atoms with E-state index in [4.69, 9.17) is 14.2 Å². The monoisotopic (exact) mass is 391 g/mol. The van der Waals surface area contributed by atoms with Gasteiger partial charge in [0.15, 0.2) is 11.5 Å². The molecule has 0 unspecified atom stereocenters. The molecule has 0 saturated carbocycles. The summed E-state index contributed by atoms with van der Waals surface area (Å²) in [6.07, 6.45) is 0. The Labute approximate surface area is 149 Å². The number of benzene rings is 2. The maximum atomic E-state index is 12.8. The Morgan fingerprint density at radius 3 is 2.67 bits per heavy atom. The van der Waals surface area contributed by atoms with Gasteiger partial charge in [-0.1, -0.05) is 22.0 Å². The molecule has 1 heterocycles. The number of fused-ring (bicyclic) bond motifs is 1. The van der Waals surface area contributed by atoms with Gasteiger partial charge in [0.1, 0.15) is 0 Å². The number of halogens is 1. The van der Waals surface area contributed by atoms with E-state index in [0.717, 1.165) is 21.5 Å². The number of rotatable bonds is 6. The van der Waals surface area contributed by atoms with Gasteiger partial charge < -0.3 is 19.1 Å². The Morgan fingerprint density at radius 2 is 1.92 bits per heavy atom. The second-order valence-corrected chi connectivity index (χ2v) is 6.33. The zero-order valence-electron chi connectivity index (χ0n) is 13.3. The van der Waals surface area contributed by atoms with Crippen molar-refractivity contribution in [2.24, 2.45) is 0 Å². The second-order valence-electron chi connectivity index (χ2n) is 5.41. The number of hydrogen-bond acceptors (Lipinski definition) is 4. The fourth-order valence-corrected chi connectivity index (χ4v) is 2.75. The van der Waals surface area contributed by atoms with Crippen LogP contribution in [0, 0.1) is 0 Å². The topological polar surface area (TPSA) is 48.0 Å². The Bertz CT molecular complexity index is 717. The minimum Gasteiger partial charge on any atom is -0.454 e. The summed E-state index contributed by atoms with van der Waals surface area (Å²) < 4.78 is 16.8. The molecule has 24 heavy (non-hydrogen) atoms. The molecule has 0 atom stereocenters. The maximum absolute atomic E-state index is 12.8. The smallest absolute Gasteiger partial charge is 0.254 e. The highest BCUT2D eigenvalue weighted by atomic mass is 79.9. The van der Waals surface area contributed by atoms with Gasteiger partial charge in [-0.3, -0.25) is 4.79 Å². The summed E-state index contributed by atoms with van der Waals surface area (Å²) in [5.74, 6) is 1.42. The van der Waals surface area contributed by atoms with Crippen molar-refractivity contribution >= 4 is 21.8 Å². The Hall–Kier alpha value is -2.05. The molecule has 1 amide bonds. The van der Waals surface area contributed by atoms with Crippen molar-refractivity contribution < 1.29 is 19.0 Å². The van der Waals surface area contributed by atoms with Crippen LogP contribution in [0.15, 0.2) is 46.9 Å². The lowest BCUT2D eigenvalue weighted by atomic mass is 10.1. The number of carbonyl (C=O) groups excluding carboxylic acids is 1. The SMILES string of the molecule is COCCN(Cc1ccc2c(c1)OCO2)C(=O)c1ccc(Br)cc1. The van der Waals surface area contributed by atoms with Crippen LogP contribution in [0.2, 0.25) is 0 Å². The van der Waals surface area contributed by atoms with Crippen LogP contribution in [0.25, 0.3) is 0 Å². The first-order chi connectivity index (χ1) is 11.7. The van der Waals surface area contributed by atoms with Crippen LogP contribution in [0.4, 0.5) is 0 Å². The number of methoxy groups -OCH3 is 1. The van der Waals surface area contributed by atoms with Gasteiger partial charge in [-0.05, 0) is 42.0 Å². The van der Waals surface area contributed by atoms with Gasteiger partial charge in [-0.25, -0.2) is 0 Å². The van der Waals surface area contributed by atoms with E-state index in [2.05, 4.69) is 15.9 Å². The highest BCUT2D eigenvalue weighted by Gasteiger charge is 2.18. The summed E-state index contributed by atoms with van der Waals surface area (Å²) in [7, 11) is 1.63. The average molecular weight is 392 g/mol. The summed E-state index contributed by atoms with van der Waals surface area (Å²) in [4.78, 5) is 14.6. The Morgan fingerprint density at radius 1 is 1.17 bits per heavy atom. The predicted molar refractivity (Wildman–Crippen MR) is 93.3 cm³/mol. The summed E-state index contributed by atoms with van der Waals surface area (Å²) in [6, 6.07) is 13.1. The minimum absolute atomic E-state index is 0.0304. The molecular weight excluding hydrogens is 374 g/mol. The van der Waals surface area contributed by atoms with Crippen molar-refractivity contribution in [3.63, 3.8) is 0 Å². The van der Waals surface area contributed by atoms with Gasteiger partial charge in [0.25, 0.3) is 5.91 Å². The van der Waals surface area contributed by atoms with Crippen LogP contribution in [-0.4, -0.2) is 37.9 Å². The number of amides is 1. The van der Waals surface area contributed by atoms with Crippen LogP contribution in [-0.2, 0) is 11.3 Å². The van der Waals surface area contributed by atoms with E-state index < -0.39 is 0 Å². The van der Waals surface area contributed by atoms with Crippen molar-refractivity contribution in [1.82, 2.24) is 4.90 Å². The van der Waals surface area contributed by atoms with E-state index >= 15 is 0 Å². The molecule has 0 bridgehead atoms. The van der Waals surface area contributed by atoms with E-state index in [9.17, 15) is 4.79 Å². The zero-order chi connectivity index (χ0) is 16.9. The highest BCUT2D eigenvalue weighted by Crippen LogP contribution is 2.32.